The van der Waals surface area contributed by atoms with Gasteiger partial charge in [-0.1, -0.05) is 19.0 Å². The fourth-order valence-corrected chi connectivity index (χ4v) is 3.98. The topological polar surface area (TPSA) is 119 Å². The highest BCUT2D eigenvalue weighted by molar-refractivity contribution is 5.74. The minimum Gasteiger partial charge on any atom is -0.444 e. The molecule has 172 valence electrons. The van der Waals surface area contributed by atoms with Crippen molar-refractivity contribution in [2.45, 2.75) is 71.8 Å². The molecule has 1 fully saturated rings. The molecule has 10 heteroatoms. The largest absolute Gasteiger partial charge is 0.444 e. The molecule has 1 amide bonds. The highest BCUT2D eigenvalue weighted by Crippen LogP contribution is 2.32. The van der Waals surface area contributed by atoms with Gasteiger partial charge >= 0.3 is 6.09 Å². The first-order chi connectivity index (χ1) is 15.0. The monoisotopic (exact) mass is 442 g/mol. The van der Waals surface area contributed by atoms with Crippen molar-refractivity contribution in [1.29, 1.82) is 0 Å². The molecule has 32 heavy (non-hydrogen) atoms. The molecule has 0 aromatic carbocycles. The molecule has 0 radical (unpaired) electrons. The molecule has 1 saturated heterocycles. The average Bonchev–Trinajstić information content (AvgIpc) is 3.30. The normalized spacial score (nSPS) is 15.7. The molecule has 0 atom stereocenters. The molecule has 0 aliphatic carbocycles. The summed E-state index contributed by atoms with van der Waals surface area (Å²) in [5.74, 6) is 1.15. The van der Waals surface area contributed by atoms with Crippen LogP contribution in [0.4, 0.5) is 4.79 Å². The molecule has 1 aliphatic heterocycles. The van der Waals surface area contributed by atoms with Crippen LogP contribution in [-0.2, 0) is 4.74 Å². The van der Waals surface area contributed by atoms with Crippen LogP contribution in [0.25, 0.3) is 17.1 Å². The van der Waals surface area contributed by atoms with Crippen LogP contribution >= 0.6 is 0 Å². The molecule has 4 heterocycles. The molecule has 0 unspecified atom stereocenters. The lowest BCUT2D eigenvalue weighted by Crippen LogP contribution is -2.41. The number of rotatable bonds is 3. The number of fused-ring (bicyclic) bond motifs is 1. The van der Waals surface area contributed by atoms with Crippen molar-refractivity contribution in [3.05, 3.63) is 33.6 Å². The number of hydrogen-bond acceptors (Lipinski definition) is 7. The number of nitrogens with zero attached hydrogens (tertiary/aromatic N) is 5. The SMILES string of the molecule is Cc1nn2c(C3CCN(C(=O)OC(C)(C)C)CC3)cc(=O)[nH]c2c1-c1nc(C(C)C)no1. The summed E-state index contributed by atoms with van der Waals surface area (Å²) in [6.07, 6.45) is 1.12. The van der Waals surface area contributed by atoms with E-state index in [0.29, 0.717) is 54.6 Å². The molecular formula is C22H30N6O4. The van der Waals surface area contributed by atoms with E-state index in [9.17, 15) is 9.59 Å². The molecule has 0 saturated carbocycles. The Labute approximate surface area is 185 Å². The number of aromatic nitrogens is 5. The van der Waals surface area contributed by atoms with Gasteiger partial charge in [-0.15, -0.1) is 0 Å². The van der Waals surface area contributed by atoms with Gasteiger partial charge in [0.05, 0.1) is 11.4 Å². The van der Waals surface area contributed by atoms with E-state index in [0.717, 1.165) is 5.69 Å². The standard InChI is InChI=1S/C22H30N6O4/c1-12(2)18-24-20(32-26-18)17-13(3)25-28-15(11-16(29)23-19(17)28)14-7-9-27(10-8-14)21(30)31-22(4,5)6/h11-12,14H,7-10H2,1-6H3,(H,23,29). The number of amides is 1. The summed E-state index contributed by atoms with van der Waals surface area (Å²) in [7, 11) is 0. The van der Waals surface area contributed by atoms with Gasteiger partial charge in [-0.2, -0.15) is 10.1 Å². The minimum absolute atomic E-state index is 0.0829. The number of likely N-dealkylation sites (tertiary alicyclic amines) is 1. The number of nitrogens with one attached hydrogen (secondary N) is 1. The lowest BCUT2D eigenvalue weighted by atomic mass is 9.93. The Hall–Kier alpha value is -3.17. The maximum Gasteiger partial charge on any atom is 0.410 e. The van der Waals surface area contributed by atoms with E-state index >= 15 is 0 Å². The Morgan fingerprint density at radius 1 is 1.28 bits per heavy atom. The third kappa shape index (κ3) is 4.26. The fraction of sp³-hybridized carbons (Fsp3) is 0.591. The van der Waals surface area contributed by atoms with E-state index in [-0.39, 0.29) is 23.5 Å². The van der Waals surface area contributed by atoms with Crippen LogP contribution in [-0.4, -0.2) is 54.4 Å². The Morgan fingerprint density at radius 2 is 1.97 bits per heavy atom. The highest BCUT2D eigenvalue weighted by atomic mass is 16.6. The van der Waals surface area contributed by atoms with E-state index in [2.05, 4.69) is 20.2 Å². The van der Waals surface area contributed by atoms with Gasteiger partial charge in [0.25, 0.3) is 11.4 Å². The number of hydrogen-bond donors (Lipinski definition) is 1. The average molecular weight is 443 g/mol. The fourth-order valence-electron chi connectivity index (χ4n) is 3.98. The molecule has 0 spiro atoms. The van der Waals surface area contributed by atoms with Crippen molar-refractivity contribution in [2.24, 2.45) is 0 Å². The number of aryl methyl sites for hydroxylation is 1. The van der Waals surface area contributed by atoms with Crippen LogP contribution in [0.15, 0.2) is 15.4 Å². The van der Waals surface area contributed by atoms with Crippen LogP contribution < -0.4 is 5.56 Å². The van der Waals surface area contributed by atoms with E-state index in [1.165, 1.54) is 0 Å². The molecule has 3 aromatic rings. The lowest BCUT2D eigenvalue weighted by molar-refractivity contribution is 0.0203. The number of H-pyrrole nitrogens is 1. The zero-order chi connectivity index (χ0) is 23.2. The zero-order valence-corrected chi connectivity index (χ0v) is 19.4. The number of piperidine rings is 1. The molecule has 1 aliphatic rings. The van der Waals surface area contributed by atoms with E-state index in [1.54, 1.807) is 15.5 Å². The second kappa shape index (κ2) is 8.07. The number of carbonyl (C=O) groups is 1. The predicted molar refractivity (Wildman–Crippen MR) is 118 cm³/mol. The minimum atomic E-state index is -0.528. The van der Waals surface area contributed by atoms with Gasteiger partial charge in [-0.05, 0) is 40.5 Å². The summed E-state index contributed by atoms with van der Waals surface area (Å²) >= 11 is 0. The van der Waals surface area contributed by atoms with Crippen molar-refractivity contribution >= 4 is 11.7 Å². The van der Waals surface area contributed by atoms with E-state index < -0.39 is 5.60 Å². The second-order valence-electron chi connectivity index (χ2n) is 9.63. The summed E-state index contributed by atoms with van der Waals surface area (Å²) in [6, 6.07) is 1.59. The van der Waals surface area contributed by atoms with Gasteiger partial charge < -0.3 is 19.1 Å². The third-order valence-electron chi connectivity index (χ3n) is 5.56. The Bertz CT molecular complexity index is 1190. The van der Waals surface area contributed by atoms with Crippen molar-refractivity contribution in [1.82, 2.24) is 29.6 Å². The van der Waals surface area contributed by atoms with Crippen LogP contribution in [0.2, 0.25) is 0 Å². The molecule has 3 aromatic heterocycles. The van der Waals surface area contributed by atoms with Gasteiger partial charge in [0.2, 0.25) is 0 Å². The first-order valence-corrected chi connectivity index (χ1v) is 11.0. The summed E-state index contributed by atoms with van der Waals surface area (Å²) in [4.78, 5) is 34.0. The van der Waals surface area contributed by atoms with Gasteiger partial charge in [0.1, 0.15) is 16.8 Å². The van der Waals surface area contributed by atoms with Crippen molar-refractivity contribution in [3.63, 3.8) is 0 Å². The van der Waals surface area contributed by atoms with Crippen molar-refractivity contribution in [2.75, 3.05) is 13.1 Å². The van der Waals surface area contributed by atoms with E-state index in [1.807, 2.05) is 41.5 Å². The summed E-state index contributed by atoms with van der Waals surface area (Å²) < 4.78 is 12.7. The zero-order valence-electron chi connectivity index (χ0n) is 19.4. The molecule has 10 nitrogen and oxygen atoms in total. The first kappa shape index (κ1) is 22.0. The van der Waals surface area contributed by atoms with E-state index in [4.69, 9.17) is 9.26 Å². The highest BCUT2D eigenvalue weighted by Gasteiger charge is 2.30. The predicted octanol–water partition coefficient (Wildman–Crippen LogP) is 3.62. The lowest BCUT2D eigenvalue weighted by Gasteiger charge is -2.33. The first-order valence-electron chi connectivity index (χ1n) is 11.0. The Kier molecular flexibility index (Phi) is 5.56. The maximum absolute atomic E-state index is 12.5. The molecule has 1 N–H and O–H groups in total. The van der Waals surface area contributed by atoms with Crippen LogP contribution in [0.1, 0.15) is 76.5 Å². The Morgan fingerprint density at radius 3 is 2.56 bits per heavy atom. The maximum atomic E-state index is 12.5. The molecular weight excluding hydrogens is 412 g/mol. The van der Waals surface area contributed by atoms with Crippen LogP contribution in [0.3, 0.4) is 0 Å². The van der Waals surface area contributed by atoms with Gasteiger partial charge in [-0.3, -0.25) is 4.79 Å². The van der Waals surface area contributed by atoms with Gasteiger partial charge in [0, 0.05) is 31.0 Å². The summed E-state index contributed by atoms with van der Waals surface area (Å²) in [6.45, 7) is 12.5. The quantitative estimate of drug-likeness (QED) is 0.658. The number of ether oxygens (including phenoxy) is 1. The van der Waals surface area contributed by atoms with Gasteiger partial charge in [-0.25, -0.2) is 9.31 Å². The van der Waals surface area contributed by atoms with Crippen LogP contribution in [0.5, 0.6) is 0 Å². The van der Waals surface area contributed by atoms with Crippen molar-refractivity contribution < 1.29 is 14.1 Å². The molecule has 0 bridgehead atoms. The van der Waals surface area contributed by atoms with Crippen LogP contribution in [0, 0.1) is 6.92 Å². The Balaban J connectivity index is 1.63. The van der Waals surface area contributed by atoms with Crippen molar-refractivity contribution in [3.8, 4) is 11.5 Å². The van der Waals surface area contributed by atoms with Gasteiger partial charge in [0.15, 0.2) is 5.82 Å². The summed E-state index contributed by atoms with van der Waals surface area (Å²) in [5, 5.41) is 8.72. The second-order valence-corrected chi connectivity index (χ2v) is 9.63. The number of aromatic amines is 1. The molecule has 4 rings (SSSR count). The number of carbonyl (C=O) groups excluding carboxylic acids is 1. The summed E-state index contributed by atoms with van der Waals surface area (Å²) in [5.41, 5.74) is 1.93. The smallest absolute Gasteiger partial charge is 0.410 e. The third-order valence-corrected chi connectivity index (χ3v) is 5.56.